The lowest BCUT2D eigenvalue weighted by Crippen LogP contribution is -2.40. The molecule has 0 bridgehead atoms. The fourth-order valence-electron chi connectivity index (χ4n) is 2.68. The molecule has 2 heteroatoms. The number of nitrogens with zero attached hydrogens (tertiary/aromatic N) is 1. The van der Waals surface area contributed by atoms with Gasteiger partial charge in [-0.15, -0.1) is 0 Å². The van der Waals surface area contributed by atoms with Crippen LogP contribution >= 0.6 is 0 Å². The second kappa shape index (κ2) is 7.80. The molecule has 0 saturated heterocycles. The monoisotopic (exact) mass is 274 g/mol. The maximum Gasteiger partial charge on any atom is 0.0171 e. The number of benzene rings is 1. The van der Waals surface area contributed by atoms with Gasteiger partial charge in [0.2, 0.25) is 0 Å². The summed E-state index contributed by atoms with van der Waals surface area (Å²) in [5, 5.41) is 0. The van der Waals surface area contributed by atoms with Gasteiger partial charge < -0.3 is 5.73 Å². The van der Waals surface area contributed by atoms with E-state index in [1.165, 1.54) is 31.4 Å². The minimum Gasteiger partial charge on any atom is -0.327 e. The number of aryl methyl sites for hydroxylation is 1. The summed E-state index contributed by atoms with van der Waals surface area (Å²) >= 11 is 0. The van der Waals surface area contributed by atoms with Crippen LogP contribution < -0.4 is 5.73 Å². The first-order valence-electron chi connectivity index (χ1n) is 8.18. The molecule has 2 rings (SSSR count). The highest BCUT2D eigenvalue weighted by atomic mass is 15.2. The molecular weight excluding hydrogens is 244 g/mol. The molecule has 1 saturated carbocycles. The molecule has 1 aromatic carbocycles. The molecule has 1 aliphatic carbocycles. The summed E-state index contributed by atoms with van der Waals surface area (Å²) in [4.78, 5) is 2.63. The van der Waals surface area contributed by atoms with E-state index < -0.39 is 0 Å². The Morgan fingerprint density at radius 1 is 1.15 bits per heavy atom. The van der Waals surface area contributed by atoms with Crippen molar-refractivity contribution in [2.45, 2.75) is 58.0 Å². The van der Waals surface area contributed by atoms with Crippen LogP contribution in [0.3, 0.4) is 0 Å². The van der Waals surface area contributed by atoms with Crippen molar-refractivity contribution in [3.05, 3.63) is 35.9 Å². The zero-order valence-corrected chi connectivity index (χ0v) is 13.1. The smallest absolute Gasteiger partial charge is 0.0171 e. The van der Waals surface area contributed by atoms with Gasteiger partial charge in [0.05, 0.1) is 0 Å². The summed E-state index contributed by atoms with van der Waals surface area (Å²) in [5.41, 5.74) is 7.76. The summed E-state index contributed by atoms with van der Waals surface area (Å²) in [6, 6.07) is 11.8. The standard InChI is InChI=1S/C18H30N2/c1-15(2)12-13-20(18-10-11-18)14-17(19)9-8-16-6-4-3-5-7-16/h3-7,15,17-18H,8-14,19H2,1-2H3. The largest absolute Gasteiger partial charge is 0.327 e. The summed E-state index contributed by atoms with van der Waals surface area (Å²) in [6.07, 6.45) is 6.24. The second-order valence-electron chi connectivity index (χ2n) is 6.69. The van der Waals surface area contributed by atoms with Crippen molar-refractivity contribution in [1.29, 1.82) is 0 Å². The zero-order chi connectivity index (χ0) is 14.4. The summed E-state index contributed by atoms with van der Waals surface area (Å²) in [5.74, 6) is 0.789. The Labute approximate surface area is 124 Å². The Morgan fingerprint density at radius 3 is 2.45 bits per heavy atom. The third-order valence-corrected chi connectivity index (χ3v) is 4.17. The van der Waals surface area contributed by atoms with Gasteiger partial charge in [-0.05, 0) is 50.1 Å². The first kappa shape index (κ1) is 15.5. The maximum atomic E-state index is 6.35. The maximum absolute atomic E-state index is 6.35. The minimum absolute atomic E-state index is 0.308. The van der Waals surface area contributed by atoms with Crippen LogP contribution in [0.5, 0.6) is 0 Å². The Balaban J connectivity index is 1.72. The lowest BCUT2D eigenvalue weighted by Gasteiger charge is -2.26. The van der Waals surface area contributed by atoms with Crippen LogP contribution in [0.4, 0.5) is 0 Å². The quantitative estimate of drug-likeness (QED) is 0.747. The number of nitrogens with two attached hydrogens (primary N) is 1. The number of rotatable bonds is 9. The first-order chi connectivity index (χ1) is 9.65. The van der Waals surface area contributed by atoms with Crippen molar-refractivity contribution in [3.63, 3.8) is 0 Å². The highest BCUT2D eigenvalue weighted by Gasteiger charge is 2.29. The molecule has 0 aliphatic heterocycles. The molecule has 1 atom stereocenters. The fraction of sp³-hybridized carbons (Fsp3) is 0.667. The van der Waals surface area contributed by atoms with Crippen molar-refractivity contribution < 1.29 is 0 Å². The van der Waals surface area contributed by atoms with E-state index in [0.717, 1.165) is 31.3 Å². The molecule has 20 heavy (non-hydrogen) atoms. The number of hydrogen-bond acceptors (Lipinski definition) is 2. The number of hydrogen-bond donors (Lipinski definition) is 1. The Bertz CT molecular complexity index is 370. The highest BCUT2D eigenvalue weighted by Crippen LogP contribution is 2.27. The van der Waals surface area contributed by atoms with E-state index in [0.29, 0.717) is 6.04 Å². The molecule has 0 spiro atoms. The van der Waals surface area contributed by atoms with Crippen molar-refractivity contribution in [2.75, 3.05) is 13.1 Å². The van der Waals surface area contributed by atoms with Crippen LogP contribution in [-0.2, 0) is 6.42 Å². The van der Waals surface area contributed by atoms with Crippen molar-refractivity contribution in [2.24, 2.45) is 11.7 Å². The van der Waals surface area contributed by atoms with Gasteiger partial charge in [0.15, 0.2) is 0 Å². The van der Waals surface area contributed by atoms with Gasteiger partial charge in [0, 0.05) is 18.6 Å². The SMILES string of the molecule is CC(C)CCN(CC(N)CCc1ccccc1)C1CC1. The molecule has 0 heterocycles. The van der Waals surface area contributed by atoms with E-state index in [2.05, 4.69) is 49.1 Å². The molecule has 1 fully saturated rings. The molecule has 0 aromatic heterocycles. The summed E-state index contributed by atoms with van der Waals surface area (Å²) in [7, 11) is 0. The predicted octanol–water partition coefficient (Wildman–Crippen LogP) is 3.46. The lowest BCUT2D eigenvalue weighted by molar-refractivity contribution is 0.229. The van der Waals surface area contributed by atoms with E-state index in [1.807, 2.05) is 0 Å². The molecule has 112 valence electrons. The van der Waals surface area contributed by atoms with Gasteiger partial charge in [-0.1, -0.05) is 44.2 Å². The molecule has 2 nitrogen and oxygen atoms in total. The van der Waals surface area contributed by atoms with Gasteiger partial charge in [-0.25, -0.2) is 0 Å². The average Bonchev–Trinajstić information content (AvgIpc) is 3.26. The Morgan fingerprint density at radius 2 is 1.85 bits per heavy atom. The van der Waals surface area contributed by atoms with E-state index in [1.54, 1.807) is 0 Å². The van der Waals surface area contributed by atoms with E-state index >= 15 is 0 Å². The van der Waals surface area contributed by atoms with Crippen LogP contribution in [0, 0.1) is 5.92 Å². The van der Waals surface area contributed by atoms with Crippen molar-refractivity contribution >= 4 is 0 Å². The predicted molar refractivity (Wildman–Crippen MR) is 86.8 cm³/mol. The molecule has 0 radical (unpaired) electrons. The third-order valence-electron chi connectivity index (χ3n) is 4.17. The van der Waals surface area contributed by atoms with Gasteiger partial charge in [0.25, 0.3) is 0 Å². The molecule has 2 N–H and O–H groups in total. The molecule has 0 amide bonds. The first-order valence-corrected chi connectivity index (χ1v) is 8.18. The van der Waals surface area contributed by atoms with Crippen LogP contribution in [0.25, 0.3) is 0 Å². The molecular formula is C18H30N2. The Hall–Kier alpha value is -0.860. The topological polar surface area (TPSA) is 29.3 Å². The summed E-state index contributed by atoms with van der Waals surface area (Å²) < 4.78 is 0. The Kier molecular flexibility index (Phi) is 6.06. The molecule has 1 aromatic rings. The van der Waals surface area contributed by atoms with E-state index in [9.17, 15) is 0 Å². The van der Waals surface area contributed by atoms with Gasteiger partial charge in [0.1, 0.15) is 0 Å². The highest BCUT2D eigenvalue weighted by molar-refractivity contribution is 5.14. The minimum atomic E-state index is 0.308. The second-order valence-corrected chi connectivity index (χ2v) is 6.69. The van der Waals surface area contributed by atoms with Crippen LogP contribution in [0.2, 0.25) is 0 Å². The normalized spacial score (nSPS) is 16.9. The fourth-order valence-corrected chi connectivity index (χ4v) is 2.68. The molecule has 1 unspecified atom stereocenters. The van der Waals surface area contributed by atoms with Crippen molar-refractivity contribution in [3.8, 4) is 0 Å². The molecule has 1 aliphatic rings. The average molecular weight is 274 g/mol. The summed E-state index contributed by atoms with van der Waals surface area (Å²) in [6.45, 7) is 6.91. The van der Waals surface area contributed by atoms with E-state index in [-0.39, 0.29) is 0 Å². The zero-order valence-electron chi connectivity index (χ0n) is 13.1. The van der Waals surface area contributed by atoms with Crippen LogP contribution in [0.15, 0.2) is 30.3 Å². The van der Waals surface area contributed by atoms with Crippen molar-refractivity contribution in [1.82, 2.24) is 4.90 Å². The van der Waals surface area contributed by atoms with Crippen LogP contribution in [0.1, 0.15) is 45.1 Å². The van der Waals surface area contributed by atoms with E-state index in [4.69, 9.17) is 5.73 Å². The third kappa shape index (κ3) is 5.64. The van der Waals surface area contributed by atoms with Crippen LogP contribution in [-0.4, -0.2) is 30.1 Å². The lowest BCUT2D eigenvalue weighted by atomic mass is 10.0. The van der Waals surface area contributed by atoms with Gasteiger partial charge in [-0.3, -0.25) is 4.90 Å². The van der Waals surface area contributed by atoms with Gasteiger partial charge >= 0.3 is 0 Å². The van der Waals surface area contributed by atoms with Gasteiger partial charge in [-0.2, -0.15) is 0 Å².